The topological polar surface area (TPSA) is 57.6 Å². The zero-order valence-corrected chi connectivity index (χ0v) is 12.6. The molecule has 19 heavy (non-hydrogen) atoms. The molecule has 0 amide bonds. The number of nitrogens with zero attached hydrogens (tertiary/aromatic N) is 1. The number of aliphatic hydroxyl groups is 1. The molecule has 0 spiro atoms. The minimum Gasteiger partial charge on any atom is -0.392 e. The van der Waals surface area contributed by atoms with E-state index in [1.807, 2.05) is 29.2 Å². The van der Waals surface area contributed by atoms with Crippen LogP contribution < -0.4 is 4.90 Å². The van der Waals surface area contributed by atoms with Crippen LogP contribution in [0.2, 0.25) is 0 Å². The first kappa shape index (κ1) is 14.7. The van der Waals surface area contributed by atoms with Gasteiger partial charge in [-0.25, -0.2) is 8.42 Å². The molecular weight excluding hydrogens is 282 g/mol. The van der Waals surface area contributed by atoms with Crippen LogP contribution in [0.5, 0.6) is 0 Å². The van der Waals surface area contributed by atoms with Gasteiger partial charge in [-0.15, -0.1) is 0 Å². The summed E-state index contributed by atoms with van der Waals surface area (Å²) in [6.45, 7) is 2.45. The van der Waals surface area contributed by atoms with Gasteiger partial charge in [-0.05, 0) is 17.7 Å². The Bertz CT molecular complexity index is 513. The Morgan fingerprint density at radius 1 is 1.37 bits per heavy atom. The van der Waals surface area contributed by atoms with E-state index in [0.717, 1.165) is 23.5 Å². The van der Waals surface area contributed by atoms with Crippen LogP contribution in [0, 0.1) is 0 Å². The average Bonchev–Trinajstić information content (AvgIpc) is 2.47. The Hall–Kier alpha value is -0.720. The van der Waals surface area contributed by atoms with E-state index < -0.39 is 15.2 Å². The molecule has 6 heteroatoms. The van der Waals surface area contributed by atoms with Crippen LogP contribution in [-0.4, -0.2) is 42.7 Å². The van der Waals surface area contributed by atoms with Crippen molar-refractivity contribution in [1.29, 1.82) is 0 Å². The summed E-state index contributed by atoms with van der Waals surface area (Å²) in [7, 11) is -3.08. The lowest BCUT2D eigenvalue weighted by Gasteiger charge is -2.36. The lowest BCUT2D eigenvalue weighted by Crippen LogP contribution is -2.48. The van der Waals surface area contributed by atoms with Crippen LogP contribution in [0.15, 0.2) is 24.3 Å². The van der Waals surface area contributed by atoms with Crippen LogP contribution in [0.1, 0.15) is 12.5 Å². The molecule has 0 bridgehead atoms. The Morgan fingerprint density at radius 3 is 2.63 bits per heavy atom. The van der Waals surface area contributed by atoms with Crippen molar-refractivity contribution in [3.8, 4) is 0 Å². The monoisotopic (exact) mass is 301 g/mol. The molecule has 2 rings (SSSR count). The second-order valence-corrected chi connectivity index (χ2v) is 8.10. The molecule has 1 aliphatic rings. The number of rotatable bonds is 4. The van der Waals surface area contributed by atoms with Gasteiger partial charge in [-0.2, -0.15) is 11.8 Å². The highest BCUT2D eigenvalue weighted by Crippen LogP contribution is 2.27. The molecule has 1 saturated heterocycles. The fourth-order valence-corrected chi connectivity index (χ4v) is 5.15. The van der Waals surface area contributed by atoms with Crippen molar-refractivity contribution in [3.63, 3.8) is 0 Å². The molecule has 1 aliphatic heterocycles. The largest absolute Gasteiger partial charge is 0.392 e. The molecule has 0 aromatic heterocycles. The first-order valence-corrected chi connectivity index (χ1v) is 9.21. The Kier molecular flexibility index (Phi) is 4.76. The lowest BCUT2D eigenvalue weighted by atomic mass is 10.2. The molecule has 0 saturated carbocycles. The fraction of sp³-hybridized carbons (Fsp3) is 0.538. The molecule has 4 nitrogen and oxygen atoms in total. The zero-order chi connectivity index (χ0) is 13.9. The average molecular weight is 301 g/mol. The van der Waals surface area contributed by atoms with Crippen LogP contribution in [0.25, 0.3) is 0 Å². The molecule has 1 unspecified atom stereocenters. The van der Waals surface area contributed by atoms with E-state index in [2.05, 4.69) is 0 Å². The third kappa shape index (κ3) is 3.24. The third-order valence-electron chi connectivity index (χ3n) is 3.35. The van der Waals surface area contributed by atoms with Gasteiger partial charge in [0, 0.05) is 29.5 Å². The number of sulfone groups is 1. The maximum absolute atomic E-state index is 12.2. The van der Waals surface area contributed by atoms with Crippen molar-refractivity contribution < 1.29 is 13.5 Å². The van der Waals surface area contributed by atoms with Gasteiger partial charge in [0.15, 0.2) is 9.84 Å². The SMILES string of the molecule is CCS(=O)(=O)C1CSCCN1c1ccc(CO)cc1. The van der Waals surface area contributed by atoms with E-state index in [1.54, 1.807) is 18.7 Å². The molecule has 1 N–H and O–H groups in total. The van der Waals surface area contributed by atoms with Gasteiger partial charge in [0.1, 0.15) is 5.37 Å². The zero-order valence-electron chi connectivity index (χ0n) is 10.9. The van der Waals surface area contributed by atoms with Gasteiger partial charge in [-0.1, -0.05) is 19.1 Å². The summed E-state index contributed by atoms with van der Waals surface area (Å²) >= 11 is 1.69. The van der Waals surface area contributed by atoms with E-state index in [4.69, 9.17) is 5.11 Å². The smallest absolute Gasteiger partial charge is 0.171 e. The van der Waals surface area contributed by atoms with Gasteiger partial charge in [0.2, 0.25) is 0 Å². The lowest BCUT2D eigenvalue weighted by molar-refractivity contribution is 0.282. The van der Waals surface area contributed by atoms with E-state index in [-0.39, 0.29) is 12.4 Å². The maximum Gasteiger partial charge on any atom is 0.171 e. The molecule has 1 heterocycles. The van der Waals surface area contributed by atoms with Gasteiger partial charge < -0.3 is 10.0 Å². The minimum atomic E-state index is -3.08. The Balaban J connectivity index is 2.28. The summed E-state index contributed by atoms with van der Waals surface area (Å²) in [6, 6.07) is 7.46. The van der Waals surface area contributed by atoms with Gasteiger partial charge in [-0.3, -0.25) is 0 Å². The molecule has 0 aliphatic carbocycles. The van der Waals surface area contributed by atoms with Crippen molar-refractivity contribution in [2.75, 3.05) is 28.7 Å². The molecule has 106 valence electrons. The Morgan fingerprint density at radius 2 is 2.05 bits per heavy atom. The van der Waals surface area contributed by atoms with Crippen LogP contribution in [-0.2, 0) is 16.4 Å². The standard InChI is InChI=1S/C13H19NO3S2/c1-2-19(16,17)13-10-18-8-7-14(13)12-5-3-11(9-15)4-6-12/h3-6,13,15H,2,7-10H2,1H3. The van der Waals surface area contributed by atoms with E-state index in [1.165, 1.54) is 0 Å². The van der Waals surface area contributed by atoms with Gasteiger partial charge >= 0.3 is 0 Å². The van der Waals surface area contributed by atoms with Crippen molar-refractivity contribution in [2.24, 2.45) is 0 Å². The van der Waals surface area contributed by atoms with Crippen LogP contribution >= 0.6 is 11.8 Å². The number of benzene rings is 1. The number of anilines is 1. The highest BCUT2D eigenvalue weighted by atomic mass is 32.2. The molecular formula is C13H19NO3S2. The molecule has 1 atom stereocenters. The fourth-order valence-electron chi connectivity index (χ4n) is 2.16. The van der Waals surface area contributed by atoms with Crippen LogP contribution in [0.4, 0.5) is 5.69 Å². The summed E-state index contributed by atoms with van der Waals surface area (Å²) in [5.74, 6) is 1.73. The molecule has 0 radical (unpaired) electrons. The predicted octanol–water partition coefficient (Wildman–Crippen LogP) is 1.49. The highest BCUT2D eigenvalue weighted by Gasteiger charge is 2.32. The number of aliphatic hydroxyl groups excluding tert-OH is 1. The van der Waals surface area contributed by atoms with Crippen LogP contribution in [0.3, 0.4) is 0 Å². The van der Waals surface area contributed by atoms with Gasteiger partial charge in [0.25, 0.3) is 0 Å². The predicted molar refractivity (Wildman–Crippen MR) is 80.3 cm³/mol. The van der Waals surface area contributed by atoms with E-state index in [9.17, 15) is 8.42 Å². The Labute approximate surface area is 118 Å². The summed E-state index contributed by atoms with van der Waals surface area (Å²) in [5, 5.41) is 8.61. The normalized spacial score (nSPS) is 20.5. The quantitative estimate of drug-likeness (QED) is 0.913. The van der Waals surface area contributed by atoms with Gasteiger partial charge in [0.05, 0.1) is 6.61 Å². The summed E-state index contributed by atoms with van der Waals surface area (Å²) in [6.07, 6.45) is 0. The number of hydrogen-bond acceptors (Lipinski definition) is 5. The van der Waals surface area contributed by atoms with Crippen molar-refractivity contribution in [3.05, 3.63) is 29.8 Å². The molecule has 1 aromatic rings. The summed E-state index contributed by atoms with van der Waals surface area (Å²) in [5.41, 5.74) is 1.75. The minimum absolute atomic E-state index is 0.00676. The third-order valence-corrected chi connectivity index (χ3v) is 6.64. The van der Waals surface area contributed by atoms with Crippen molar-refractivity contribution in [1.82, 2.24) is 0 Å². The number of thioether (sulfide) groups is 1. The van der Waals surface area contributed by atoms with Crippen molar-refractivity contribution in [2.45, 2.75) is 18.9 Å². The highest BCUT2D eigenvalue weighted by molar-refractivity contribution is 8.01. The molecule has 1 aromatic carbocycles. The second kappa shape index (κ2) is 6.15. The summed E-state index contributed by atoms with van der Waals surface area (Å²) in [4.78, 5) is 1.97. The maximum atomic E-state index is 12.2. The second-order valence-electron chi connectivity index (χ2n) is 4.50. The van der Waals surface area contributed by atoms with Crippen molar-refractivity contribution >= 4 is 27.3 Å². The van der Waals surface area contributed by atoms with E-state index in [0.29, 0.717) is 5.75 Å². The first-order valence-electron chi connectivity index (χ1n) is 6.34. The summed E-state index contributed by atoms with van der Waals surface area (Å²) < 4.78 is 24.3. The number of hydrogen-bond donors (Lipinski definition) is 1. The van der Waals surface area contributed by atoms with E-state index >= 15 is 0 Å². The first-order chi connectivity index (χ1) is 9.08. The molecule has 1 fully saturated rings.